The summed E-state index contributed by atoms with van der Waals surface area (Å²) >= 11 is 0. The van der Waals surface area contributed by atoms with E-state index in [2.05, 4.69) is 11.3 Å². The summed E-state index contributed by atoms with van der Waals surface area (Å²) in [6, 6.07) is 0. The van der Waals surface area contributed by atoms with E-state index in [4.69, 9.17) is 0 Å². The predicted molar refractivity (Wildman–Crippen MR) is 37.7 cm³/mol. The van der Waals surface area contributed by atoms with Crippen molar-refractivity contribution in [3.05, 3.63) is 12.2 Å². The fraction of sp³-hybridized carbons (Fsp3) is 0.600. The zero-order chi connectivity index (χ0) is 7.49. The number of hydrogen-bond donors (Lipinski definition) is 1. The quantitative estimate of drug-likeness (QED) is 0.579. The Balaban J connectivity index is 3.67. The zero-order valence-corrected chi connectivity index (χ0v) is 6.46. The highest BCUT2D eigenvalue weighted by molar-refractivity contribution is 7.88. The van der Waals surface area contributed by atoms with E-state index in [1.54, 1.807) is 6.92 Å². The van der Waals surface area contributed by atoms with Gasteiger partial charge in [-0.25, -0.2) is 13.1 Å². The zero-order valence-electron chi connectivity index (χ0n) is 5.64. The summed E-state index contributed by atoms with van der Waals surface area (Å²) in [6.07, 6.45) is 1.12. The summed E-state index contributed by atoms with van der Waals surface area (Å²) in [4.78, 5) is 0. The Morgan fingerprint density at radius 2 is 2.11 bits per heavy atom. The minimum atomic E-state index is -3.03. The standard InChI is InChI=1S/C5H11NO2S/c1-5(2)4-6-9(3,7)8/h6H,1,4H2,2-3H3. The van der Waals surface area contributed by atoms with Crippen molar-refractivity contribution in [2.24, 2.45) is 0 Å². The van der Waals surface area contributed by atoms with Crippen LogP contribution in [0.15, 0.2) is 12.2 Å². The Kier molecular flexibility index (Phi) is 2.87. The van der Waals surface area contributed by atoms with Crippen molar-refractivity contribution >= 4 is 10.0 Å². The smallest absolute Gasteiger partial charge is 0.208 e. The van der Waals surface area contributed by atoms with E-state index < -0.39 is 10.0 Å². The van der Waals surface area contributed by atoms with Crippen LogP contribution in [0.1, 0.15) is 6.92 Å². The molecule has 0 aliphatic heterocycles. The number of hydrogen-bond acceptors (Lipinski definition) is 2. The molecule has 0 aliphatic rings. The van der Waals surface area contributed by atoms with Crippen molar-refractivity contribution < 1.29 is 8.42 Å². The third-order valence-electron chi connectivity index (χ3n) is 0.636. The van der Waals surface area contributed by atoms with Crippen LogP contribution in [0.4, 0.5) is 0 Å². The minimum absolute atomic E-state index is 0.332. The first-order valence-electron chi connectivity index (χ1n) is 2.51. The van der Waals surface area contributed by atoms with Crippen molar-refractivity contribution in [1.82, 2.24) is 4.72 Å². The molecular weight excluding hydrogens is 138 g/mol. The van der Waals surface area contributed by atoms with Crippen molar-refractivity contribution in [2.45, 2.75) is 6.92 Å². The highest BCUT2D eigenvalue weighted by Crippen LogP contribution is 1.83. The summed E-state index contributed by atoms with van der Waals surface area (Å²) in [7, 11) is -3.03. The van der Waals surface area contributed by atoms with Gasteiger partial charge in [-0.15, -0.1) is 0 Å². The average molecular weight is 149 g/mol. The topological polar surface area (TPSA) is 46.2 Å². The first kappa shape index (κ1) is 8.65. The van der Waals surface area contributed by atoms with Crippen molar-refractivity contribution in [3.8, 4) is 0 Å². The molecule has 0 bridgehead atoms. The van der Waals surface area contributed by atoms with Gasteiger partial charge in [-0.2, -0.15) is 0 Å². The second-order valence-corrected chi connectivity index (χ2v) is 3.88. The van der Waals surface area contributed by atoms with Crippen LogP contribution in [0, 0.1) is 0 Å². The largest absolute Gasteiger partial charge is 0.213 e. The second kappa shape index (κ2) is 2.98. The molecule has 0 radical (unpaired) electrons. The third kappa shape index (κ3) is 7.65. The van der Waals surface area contributed by atoms with Gasteiger partial charge < -0.3 is 0 Å². The maximum Gasteiger partial charge on any atom is 0.208 e. The predicted octanol–water partition coefficient (Wildman–Crippen LogP) is 0.112. The van der Waals surface area contributed by atoms with E-state index in [0.717, 1.165) is 11.8 Å². The Labute approximate surface area is 55.8 Å². The van der Waals surface area contributed by atoms with Gasteiger partial charge in [0.15, 0.2) is 0 Å². The van der Waals surface area contributed by atoms with Gasteiger partial charge in [0.2, 0.25) is 10.0 Å². The Morgan fingerprint density at radius 1 is 1.67 bits per heavy atom. The first-order valence-corrected chi connectivity index (χ1v) is 4.40. The molecular formula is C5H11NO2S. The first-order chi connectivity index (χ1) is 3.92. The van der Waals surface area contributed by atoms with E-state index in [1.165, 1.54) is 0 Å². The van der Waals surface area contributed by atoms with Crippen molar-refractivity contribution in [1.29, 1.82) is 0 Å². The monoisotopic (exact) mass is 149 g/mol. The van der Waals surface area contributed by atoms with Crippen LogP contribution in [0.5, 0.6) is 0 Å². The lowest BCUT2D eigenvalue weighted by Gasteiger charge is -1.98. The molecule has 0 saturated heterocycles. The molecule has 54 valence electrons. The van der Waals surface area contributed by atoms with Crippen molar-refractivity contribution in [2.75, 3.05) is 12.8 Å². The van der Waals surface area contributed by atoms with Crippen LogP contribution < -0.4 is 4.72 Å². The maximum atomic E-state index is 10.4. The lowest BCUT2D eigenvalue weighted by atomic mass is 10.4. The molecule has 0 unspecified atom stereocenters. The van der Waals surface area contributed by atoms with Crippen LogP contribution in [0.25, 0.3) is 0 Å². The van der Waals surface area contributed by atoms with Crippen molar-refractivity contribution in [3.63, 3.8) is 0 Å². The Bertz CT molecular complexity index is 193. The molecule has 0 fully saturated rings. The number of rotatable bonds is 3. The summed E-state index contributed by atoms with van der Waals surface area (Å²) in [5.74, 6) is 0. The Hall–Kier alpha value is -0.350. The lowest BCUT2D eigenvalue weighted by molar-refractivity contribution is 0.591. The second-order valence-electron chi connectivity index (χ2n) is 2.05. The normalized spacial score (nSPS) is 11.3. The maximum absolute atomic E-state index is 10.4. The molecule has 3 nitrogen and oxygen atoms in total. The highest BCUT2D eigenvalue weighted by atomic mass is 32.2. The third-order valence-corrected chi connectivity index (χ3v) is 1.30. The van der Waals surface area contributed by atoms with Gasteiger partial charge in [-0.05, 0) is 6.92 Å². The van der Waals surface area contributed by atoms with E-state index in [-0.39, 0.29) is 0 Å². The molecule has 0 aliphatic carbocycles. The number of sulfonamides is 1. The summed E-state index contributed by atoms with van der Waals surface area (Å²) in [6.45, 7) is 5.63. The molecule has 0 aromatic carbocycles. The molecule has 9 heavy (non-hydrogen) atoms. The summed E-state index contributed by atoms with van der Waals surface area (Å²) in [5.41, 5.74) is 0.806. The van der Waals surface area contributed by atoms with Gasteiger partial charge in [-0.1, -0.05) is 12.2 Å². The van der Waals surface area contributed by atoms with E-state index >= 15 is 0 Å². The number of nitrogens with one attached hydrogen (secondary N) is 1. The molecule has 0 spiro atoms. The Morgan fingerprint density at radius 3 is 2.22 bits per heavy atom. The van der Waals surface area contributed by atoms with Crippen LogP contribution in [0.3, 0.4) is 0 Å². The SMILES string of the molecule is C=C(C)CNS(C)(=O)=O. The fourth-order valence-electron chi connectivity index (χ4n) is 0.254. The van der Waals surface area contributed by atoms with E-state index in [1.807, 2.05) is 0 Å². The molecule has 0 atom stereocenters. The molecule has 4 heteroatoms. The molecule has 0 heterocycles. The van der Waals surface area contributed by atoms with Crippen LogP contribution in [0.2, 0.25) is 0 Å². The van der Waals surface area contributed by atoms with Gasteiger partial charge in [0.1, 0.15) is 0 Å². The van der Waals surface area contributed by atoms with Gasteiger partial charge >= 0.3 is 0 Å². The minimum Gasteiger partial charge on any atom is -0.213 e. The van der Waals surface area contributed by atoms with Crippen LogP contribution in [-0.2, 0) is 10.0 Å². The lowest BCUT2D eigenvalue weighted by Crippen LogP contribution is -2.23. The molecule has 0 saturated carbocycles. The summed E-state index contributed by atoms with van der Waals surface area (Å²) < 4.78 is 23.1. The van der Waals surface area contributed by atoms with E-state index in [0.29, 0.717) is 6.54 Å². The van der Waals surface area contributed by atoms with Crippen LogP contribution >= 0.6 is 0 Å². The average Bonchev–Trinajstić information content (AvgIpc) is 1.59. The molecule has 0 aromatic rings. The highest BCUT2D eigenvalue weighted by Gasteiger charge is 1.96. The van der Waals surface area contributed by atoms with Gasteiger partial charge in [-0.3, -0.25) is 0 Å². The van der Waals surface area contributed by atoms with Gasteiger partial charge in [0, 0.05) is 6.54 Å². The van der Waals surface area contributed by atoms with Gasteiger partial charge in [0.25, 0.3) is 0 Å². The molecule has 0 rings (SSSR count). The molecule has 0 aromatic heterocycles. The van der Waals surface area contributed by atoms with Gasteiger partial charge in [0.05, 0.1) is 6.26 Å². The molecule has 0 amide bonds. The summed E-state index contributed by atoms with van der Waals surface area (Å²) in [5, 5.41) is 0. The fourth-order valence-corrected chi connectivity index (χ4v) is 0.763. The molecule has 1 N–H and O–H groups in total. The van der Waals surface area contributed by atoms with E-state index in [9.17, 15) is 8.42 Å². The van der Waals surface area contributed by atoms with Crippen LogP contribution in [-0.4, -0.2) is 21.2 Å².